The van der Waals surface area contributed by atoms with E-state index in [1.807, 2.05) is 11.3 Å². The van der Waals surface area contributed by atoms with Crippen LogP contribution in [0.2, 0.25) is 0 Å². The van der Waals surface area contributed by atoms with Crippen molar-refractivity contribution in [3.05, 3.63) is 21.9 Å². The highest BCUT2D eigenvalue weighted by Gasteiger charge is 2.31. The number of hydrogen-bond donors (Lipinski definition) is 2. The Morgan fingerprint density at radius 1 is 1.50 bits per heavy atom. The molecule has 1 aliphatic carbocycles. The first-order valence-corrected chi connectivity index (χ1v) is 7.49. The van der Waals surface area contributed by atoms with Crippen molar-refractivity contribution in [2.75, 3.05) is 13.6 Å². The Bertz CT molecular complexity index is 385. The number of nitrogens with zero attached hydrogens (tertiary/aromatic N) is 1. The Morgan fingerprint density at radius 2 is 2.17 bits per heavy atom. The Kier molecular flexibility index (Phi) is 4.43. The second-order valence-corrected chi connectivity index (χ2v) is 7.00. The van der Waals surface area contributed by atoms with Crippen LogP contribution in [0.1, 0.15) is 35.6 Å². The van der Waals surface area contributed by atoms with E-state index in [0.29, 0.717) is 12.0 Å². The van der Waals surface area contributed by atoms with E-state index >= 15 is 0 Å². The van der Waals surface area contributed by atoms with Gasteiger partial charge in [0.05, 0.1) is 12.1 Å². The number of nitrogens with two attached hydrogens (primary N) is 1. The molecule has 1 fully saturated rings. The van der Waals surface area contributed by atoms with Crippen LogP contribution in [0.15, 0.2) is 12.1 Å². The van der Waals surface area contributed by atoms with Gasteiger partial charge in [0, 0.05) is 22.3 Å². The molecule has 0 amide bonds. The number of likely N-dealkylation sites (N-methyl/N-ethyl adjacent to an activating group) is 1. The molecule has 1 aromatic heterocycles. The van der Waals surface area contributed by atoms with Gasteiger partial charge in [0.1, 0.15) is 0 Å². The molecule has 1 aromatic rings. The number of aryl methyl sites for hydroxylation is 1. The molecule has 4 heteroatoms. The average Bonchev–Trinajstić information content (AvgIpc) is 2.62. The van der Waals surface area contributed by atoms with E-state index in [-0.39, 0.29) is 12.1 Å². The number of rotatable bonds is 5. The van der Waals surface area contributed by atoms with E-state index in [0.717, 1.165) is 19.4 Å². The van der Waals surface area contributed by atoms with Crippen LogP contribution < -0.4 is 5.73 Å². The van der Waals surface area contributed by atoms with Gasteiger partial charge in [0.2, 0.25) is 0 Å². The molecule has 3 N–H and O–H groups in total. The van der Waals surface area contributed by atoms with Crippen molar-refractivity contribution in [2.45, 2.75) is 44.9 Å². The van der Waals surface area contributed by atoms with E-state index in [4.69, 9.17) is 5.73 Å². The summed E-state index contributed by atoms with van der Waals surface area (Å²) in [6.45, 7) is 5.24. The molecule has 0 radical (unpaired) electrons. The van der Waals surface area contributed by atoms with Crippen molar-refractivity contribution >= 4 is 11.3 Å². The number of hydrogen-bond acceptors (Lipinski definition) is 4. The van der Waals surface area contributed by atoms with Crippen LogP contribution in [0.5, 0.6) is 0 Å². The summed E-state index contributed by atoms with van der Waals surface area (Å²) in [6, 6.07) is 4.77. The fourth-order valence-corrected chi connectivity index (χ4v) is 4.02. The Hall–Kier alpha value is -0.420. The maximum Gasteiger partial charge on any atom is 0.0588 e. The third-order valence-corrected chi connectivity index (χ3v) is 4.85. The summed E-state index contributed by atoms with van der Waals surface area (Å²) < 4.78 is 0. The summed E-state index contributed by atoms with van der Waals surface area (Å²) in [4.78, 5) is 5.04. The minimum atomic E-state index is -0.0684. The van der Waals surface area contributed by atoms with Crippen molar-refractivity contribution in [1.29, 1.82) is 0 Å². The summed E-state index contributed by atoms with van der Waals surface area (Å²) in [5, 5.41) is 9.36. The van der Waals surface area contributed by atoms with Gasteiger partial charge < -0.3 is 10.8 Å². The molecule has 0 aromatic carbocycles. The van der Waals surface area contributed by atoms with E-state index in [1.54, 1.807) is 0 Å². The van der Waals surface area contributed by atoms with Gasteiger partial charge >= 0.3 is 0 Å². The zero-order valence-electron chi connectivity index (χ0n) is 11.5. The van der Waals surface area contributed by atoms with Gasteiger partial charge in [-0.05, 0) is 51.8 Å². The Balaban J connectivity index is 2.01. The number of aliphatic hydroxyl groups is 1. The lowest BCUT2D eigenvalue weighted by Crippen LogP contribution is -2.42. The van der Waals surface area contributed by atoms with Crippen molar-refractivity contribution in [1.82, 2.24) is 4.90 Å². The van der Waals surface area contributed by atoms with Crippen LogP contribution in [0.3, 0.4) is 0 Å². The molecule has 0 bridgehead atoms. The van der Waals surface area contributed by atoms with E-state index < -0.39 is 0 Å². The summed E-state index contributed by atoms with van der Waals surface area (Å²) in [5.74, 6) is 0.632. The molecule has 0 spiro atoms. The Morgan fingerprint density at radius 3 is 2.61 bits per heavy atom. The summed E-state index contributed by atoms with van der Waals surface area (Å²) in [5.41, 5.74) is 6.16. The summed E-state index contributed by atoms with van der Waals surface area (Å²) in [7, 11) is 2.15. The fourth-order valence-electron chi connectivity index (χ4n) is 2.86. The second kappa shape index (κ2) is 5.70. The first-order valence-electron chi connectivity index (χ1n) is 6.67. The van der Waals surface area contributed by atoms with Crippen LogP contribution in [0, 0.1) is 12.8 Å². The average molecular weight is 268 g/mol. The van der Waals surface area contributed by atoms with Gasteiger partial charge in [-0.15, -0.1) is 11.3 Å². The topological polar surface area (TPSA) is 49.5 Å². The maximum atomic E-state index is 9.36. The fraction of sp³-hybridized carbons (Fsp3) is 0.714. The monoisotopic (exact) mass is 268 g/mol. The molecule has 0 aliphatic heterocycles. The minimum absolute atomic E-state index is 0.0684. The van der Waals surface area contributed by atoms with Gasteiger partial charge in [-0.3, -0.25) is 4.90 Å². The van der Waals surface area contributed by atoms with E-state index in [9.17, 15) is 5.11 Å². The van der Waals surface area contributed by atoms with Crippen LogP contribution in [-0.4, -0.2) is 35.7 Å². The molecule has 1 heterocycles. The maximum absolute atomic E-state index is 9.36. The number of aliphatic hydroxyl groups excluding tert-OH is 1. The predicted molar refractivity (Wildman–Crippen MR) is 76.8 cm³/mol. The summed E-state index contributed by atoms with van der Waals surface area (Å²) in [6.07, 6.45) is 1.82. The van der Waals surface area contributed by atoms with Crippen molar-refractivity contribution < 1.29 is 5.11 Å². The van der Waals surface area contributed by atoms with Crippen LogP contribution in [-0.2, 0) is 0 Å². The zero-order chi connectivity index (χ0) is 13.3. The van der Waals surface area contributed by atoms with Gasteiger partial charge in [-0.25, -0.2) is 0 Å². The van der Waals surface area contributed by atoms with Crippen molar-refractivity contribution in [2.24, 2.45) is 11.7 Å². The van der Waals surface area contributed by atoms with Gasteiger partial charge in [-0.1, -0.05) is 0 Å². The van der Waals surface area contributed by atoms with Gasteiger partial charge in [0.25, 0.3) is 0 Å². The molecule has 2 atom stereocenters. The van der Waals surface area contributed by atoms with Crippen molar-refractivity contribution in [3.8, 4) is 0 Å². The SMILES string of the molecule is Cc1ccc(C(C(C)N)N(C)CC2CC(O)C2)s1. The Labute approximate surface area is 114 Å². The van der Waals surface area contributed by atoms with E-state index in [1.165, 1.54) is 9.75 Å². The molecule has 2 rings (SSSR count). The highest BCUT2D eigenvalue weighted by atomic mass is 32.1. The molecule has 2 unspecified atom stereocenters. The largest absolute Gasteiger partial charge is 0.393 e. The molecule has 1 saturated carbocycles. The number of thiophene rings is 1. The summed E-state index contributed by atoms with van der Waals surface area (Å²) >= 11 is 1.83. The van der Waals surface area contributed by atoms with Crippen LogP contribution in [0.4, 0.5) is 0 Å². The van der Waals surface area contributed by atoms with Gasteiger partial charge in [0.15, 0.2) is 0 Å². The van der Waals surface area contributed by atoms with Crippen molar-refractivity contribution in [3.63, 3.8) is 0 Å². The second-order valence-electron chi connectivity index (χ2n) is 5.68. The highest BCUT2D eigenvalue weighted by molar-refractivity contribution is 7.12. The third-order valence-electron chi connectivity index (χ3n) is 3.78. The van der Waals surface area contributed by atoms with E-state index in [2.05, 4.69) is 37.9 Å². The van der Waals surface area contributed by atoms with Gasteiger partial charge in [-0.2, -0.15) is 0 Å². The predicted octanol–water partition coefficient (Wildman–Crippen LogP) is 2.15. The lowest BCUT2D eigenvalue weighted by Gasteiger charge is -2.38. The molecular formula is C14H24N2OS. The normalized spacial score (nSPS) is 27.0. The molecule has 3 nitrogen and oxygen atoms in total. The van der Waals surface area contributed by atoms with Crippen LogP contribution >= 0.6 is 11.3 Å². The lowest BCUT2D eigenvalue weighted by atomic mass is 9.82. The third kappa shape index (κ3) is 3.12. The first-order chi connectivity index (χ1) is 8.47. The highest BCUT2D eigenvalue weighted by Crippen LogP contribution is 2.33. The molecule has 18 heavy (non-hydrogen) atoms. The molecule has 102 valence electrons. The smallest absolute Gasteiger partial charge is 0.0588 e. The molecular weight excluding hydrogens is 244 g/mol. The quantitative estimate of drug-likeness (QED) is 0.860. The zero-order valence-corrected chi connectivity index (χ0v) is 12.3. The standard InChI is InChI=1S/C14H24N2OS/c1-9-4-5-13(18-9)14(10(2)15)16(3)8-11-6-12(17)7-11/h4-5,10-12,14,17H,6-8,15H2,1-3H3. The first kappa shape index (κ1) is 14.0. The molecule has 1 aliphatic rings. The lowest BCUT2D eigenvalue weighted by molar-refractivity contribution is 0.0206. The molecule has 0 saturated heterocycles. The van der Waals surface area contributed by atoms with Crippen LogP contribution in [0.25, 0.3) is 0 Å². The minimum Gasteiger partial charge on any atom is -0.393 e.